The predicted octanol–water partition coefficient (Wildman–Crippen LogP) is 11.3. The summed E-state index contributed by atoms with van der Waals surface area (Å²) >= 11 is 0. The van der Waals surface area contributed by atoms with Crippen molar-refractivity contribution in [3.63, 3.8) is 0 Å². The van der Waals surface area contributed by atoms with E-state index in [0.29, 0.717) is 0 Å². The molecule has 2 aromatic heterocycles. The molecule has 0 radical (unpaired) electrons. The Morgan fingerprint density at radius 3 is 1.21 bits per heavy atom. The molecule has 6 aromatic carbocycles. The van der Waals surface area contributed by atoms with E-state index in [9.17, 15) is 0 Å². The van der Waals surface area contributed by atoms with Gasteiger partial charge in [0.2, 0.25) is 0 Å². The highest BCUT2D eigenvalue weighted by molar-refractivity contribution is 6.09. The van der Waals surface area contributed by atoms with Gasteiger partial charge in [0.05, 0.1) is 0 Å². The minimum Gasteiger partial charge on any atom is -0.340 e. The second-order valence-corrected chi connectivity index (χ2v) is 15.4. The summed E-state index contributed by atoms with van der Waals surface area (Å²) in [5.41, 5.74) is 12.0. The first-order valence-corrected chi connectivity index (χ1v) is 18.9. The van der Waals surface area contributed by atoms with E-state index in [1.165, 1.54) is 54.7 Å². The van der Waals surface area contributed by atoms with Gasteiger partial charge in [-0.1, -0.05) is 72.2 Å². The summed E-state index contributed by atoms with van der Waals surface area (Å²) in [7, 11) is 0. The van der Waals surface area contributed by atoms with Crippen molar-refractivity contribution in [1.82, 2.24) is 14.0 Å². The normalized spacial score (nSPS) is 13.9. The summed E-state index contributed by atoms with van der Waals surface area (Å²) in [6, 6.07) is 48.3. The van der Waals surface area contributed by atoms with Crippen molar-refractivity contribution in [2.24, 2.45) is 0 Å². The zero-order valence-corrected chi connectivity index (χ0v) is 30.8. The number of aryl methyl sites for hydroxylation is 2. The zero-order valence-electron chi connectivity index (χ0n) is 30.8. The number of hydrogen-bond acceptors (Lipinski definition) is 1. The van der Waals surface area contributed by atoms with Gasteiger partial charge in [-0.2, -0.15) is 0 Å². The van der Waals surface area contributed by atoms with Gasteiger partial charge in [0, 0.05) is 97.6 Å². The Kier molecular flexibility index (Phi) is 8.39. The third-order valence-electron chi connectivity index (χ3n) is 10.8. The zero-order chi connectivity index (χ0) is 35.9. The van der Waals surface area contributed by atoms with Crippen molar-refractivity contribution in [3.8, 4) is 23.7 Å². The molecule has 0 spiro atoms. The molecular formula is C50H43N3. The van der Waals surface area contributed by atoms with Crippen molar-refractivity contribution in [1.29, 1.82) is 0 Å². The van der Waals surface area contributed by atoms with Crippen LogP contribution < -0.4 is 0 Å². The highest BCUT2D eigenvalue weighted by Crippen LogP contribution is 2.35. The van der Waals surface area contributed by atoms with Crippen LogP contribution in [0.4, 0.5) is 0 Å². The summed E-state index contributed by atoms with van der Waals surface area (Å²) < 4.78 is 5.08. The Balaban J connectivity index is 1.14. The molecule has 3 aliphatic heterocycles. The maximum Gasteiger partial charge on any atom is 0.0492 e. The molecule has 0 saturated heterocycles. The highest BCUT2D eigenvalue weighted by Gasteiger charge is 2.23. The lowest BCUT2D eigenvalue weighted by molar-refractivity contribution is 0.119. The van der Waals surface area contributed by atoms with Gasteiger partial charge < -0.3 is 9.13 Å². The quantitative estimate of drug-likeness (QED) is 0.145. The van der Waals surface area contributed by atoms with E-state index in [2.05, 4.69) is 156 Å². The van der Waals surface area contributed by atoms with Crippen LogP contribution in [-0.4, -0.2) is 19.6 Å². The van der Waals surface area contributed by atoms with E-state index in [4.69, 9.17) is 0 Å². The predicted molar refractivity (Wildman–Crippen MR) is 222 cm³/mol. The van der Waals surface area contributed by atoms with E-state index in [-0.39, 0.29) is 5.54 Å². The van der Waals surface area contributed by atoms with E-state index in [1.807, 2.05) is 36.4 Å². The van der Waals surface area contributed by atoms with Crippen LogP contribution in [0.5, 0.6) is 0 Å². The van der Waals surface area contributed by atoms with Gasteiger partial charge >= 0.3 is 0 Å². The van der Waals surface area contributed by atoms with Crippen LogP contribution in [0.25, 0.3) is 43.6 Å². The second-order valence-electron chi connectivity index (χ2n) is 15.4. The van der Waals surface area contributed by atoms with Crippen LogP contribution in [0.2, 0.25) is 0 Å². The topological polar surface area (TPSA) is 13.1 Å². The number of aromatic nitrogens is 2. The van der Waals surface area contributed by atoms with Crippen molar-refractivity contribution >= 4 is 43.6 Å². The fraction of sp³-hybridized carbons (Fsp3) is 0.200. The number of rotatable bonds is 0. The standard InChI is InChI=1S/C50H43N3/c1-50(2,3)51-34-40-22-26-48-44(32-40)42-30-38(18-16-36-12-6-4-7-13-36)20-24-46(42)52(48)28-10-11-29-53-47-25-21-39(19-17-37-14-8-5-9-15-37)31-43(47)45-33-41(35-51)23-27-49(45)53/h4-9,12-15,20-27,30-33H,10-11,28-29,34-35H2,1-3H3. The molecule has 0 unspecified atom stereocenters. The third-order valence-corrected chi connectivity index (χ3v) is 10.8. The van der Waals surface area contributed by atoms with Gasteiger partial charge in [0.25, 0.3) is 0 Å². The number of fused-ring (bicyclic) bond motifs is 3. The van der Waals surface area contributed by atoms with Crippen LogP contribution in [0, 0.1) is 23.7 Å². The molecule has 53 heavy (non-hydrogen) atoms. The molecule has 3 aliphatic rings. The first-order valence-electron chi connectivity index (χ1n) is 18.9. The minimum atomic E-state index is -0.0325. The summed E-state index contributed by atoms with van der Waals surface area (Å²) in [4.78, 5) is 2.61. The molecule has 3 heteroatoms. The van der Waals surface area contributed by atoms with E-state index >= 15 is 0 Å². The summed E-state index contributed by atoms with van der Waals surface area (Å²) in [5, 5.41) is 5.19. The lowest BCUT2D eigenvalue weighted by Gasteiger charge is -2.36. The van der Waals surface area contributed by atoms with E-state index < -0.39 is 0 Å². The first kappa shape index (κ1) is 32.9. The number of nitrogens with zero attached hydrogens (tertiary/aromatic N) is 3. The number of benzene rings is 6. The van der Waals surface area contributed by atoms with Crippen molar-refractivity contribution < 1.29 is 0 Å². The molecule has 3 nitrogen and oxygen atoms in total. The molecule has 0 fully saturated rings. The van der Waals surface area contributed by atoms with Crippen LogP contribution in [0.3, 0.4) is 0 Å². The highest BCUT2D eigenvalue weighted by atomic mass is 15.2. The Bertz CT molecular complexity index is 2580. The van der Waals surface area contributed by atoms with Gasteiger partial charge in [-0.15, -0.1) is 0 Å². The Morgan fingerprint density at radius 1 is 0.415 bits per heavy atom. The fourth-order valence-corrected chi connectivity index (χ4v) is 7.98. The maximum absolute atomic E-state index is 3.44. The summed E-state index contributed by atoms with van der Waals surface area (Å²) in [6.45, 7) is 10.6. The Labute approximate surface area is 312 Å². The molecule has 11 rings (SSSR count). The second kappa shape index (κ2) is 13.5. The molecule has 0 aliphatic carbocycles. The van der Waals surface area contributed by atoms with Crippen LogP contribution in [0.15, 0.2) is 133 Å². The Hall–Kier alpha value is -6.00. The first-order chi connectivity index (χ1) is 25.9. The smallest absolute Gasteiger partial charge is 0.0492 e. The average molecular weight is 686 g/mol. The van der Waals surface area contributed by atoms with Gasteiger partial charge in [-0.05, 0) is 130 Å². The third kappa shape index (κ3) is 6.51. The van der Waals surface area contributed by atoms with Gasteiger partial charge in [0.15, 0.2) is 0 Å². The molecule has 8 aromatic rings. The largest absolute Gasteiger partial charge is 0.340 e. The lowest BCUT2D eigenvalue weighted by Crippen LogP contribution is -2.40. The molecule has 0 saturated carbocycles. The van der Waals surface area contributed by atoms with Gasteiger partial charge in [-0.3, -0.25) is 4.90 Å². The average Bonchev–Trinajstić information content (AvgIpc) is 3.65. The lowest BCUT2D eigenvalue weighted by atomic mass is 10.0. The van der Waals surface area contributed by atoms with Gasteiger partial charge in [-0.25, -0.2) is 0 Å². The fourth-order valence-electron chi connectivity index (χ4n) is 7.98. The number of hydrogen-bond donors (Lipinski definition) is 0. The SMILES string of the molecule is CC(C)(C)N1Cc2ccc3c(c2)c2cc(C#Cc4ccccc4)ccc2n3CCCCn2c3ccc(C#Cc4ccccc4)cc3c3cc(ccc32)C1. The molecule has 5 heterocycles. The molecule has 8 bridgehead atoms. The van der Waals surface area contributed by atoms with Crippen molar-refractivity contribution in [2.75, 3.05) is 0 Å². The molecule has 0 N–H and O–H groups in total. The minimum absolute atomic E-state index is 0.0325. The molecule has 258 valence electrons. The Morgan fingerprint density at radius 2 is 0.792 bits per heavy atom. The van der Waals surface area contributed by atoms with Crippen LogP contribution in [-0.2, 0) is 26.2 Å². The van der Waals surface area contributed by atoms with Crippen LogP contribution >= 0.6 is 0 Å². The molecule has 0 amide bonds. The molecule has 0 atom stereocenters. The summed E-state index contributed by atoms with van der Waals surface area (Å²) in [5.74, 6) is 13.6. The van der Waals surface area contributed by atoms with Crippen molar-refractivity contribution in [2.45, 2.75) is 65.3 Å². The summed E-state index contributed by atoms with van der Waals surface area (Å²) in [6.07, 6.45) is 2.15. The van der Waals surface area contributed by atoms with Crippen molar-refractivity contribution in [3.05, 3.63) is 167 Å². The van der Waals surface area contributed by atoms with E-state index in [0.717, 1.165) is 61.3 Å². The maximum atomic E-state index is 3.44. The van der Waals surface area contributed by atoms with E-state index in [1.54, 1.807) is 0 Å². The monoisotopic (exact) mass is 685 g/mol. The van der Waals surface area contributed by atoms with Gasteiger partial charge in [0.1, 0.15) is 0 Å². The van der Waals surface area contributed by atoms with Crippen LogP contribution in [0.1, 0.15) is 67.0 Å². The molecular weight excluding hydrogens is 643 g/mol.